The molecule has 6 heteroatoms. The summed E-state index contributed by atoms with van der Waals surface area (Å²) < 4.78 is 5.83. The summed E-state index contributed by atoms with van der Waals surface area (Å²) in [6.45, 7) is 4.70. The molecule has 2 unspecified atom stereocenters. The van der Waals surface area contributed by atoms with Crippen molar-refractivity contribution in [2.75, 3.05) is 13.1 Å². The van der Waals surface area contributed by atoms with Crippen molar-refractivity contribution < 1.29 is 9.34 Å². The van der Waals surface area contributed by atoms with Crippen molar-refractivity contribution in [3.05, 3.63) is 52.3 Å². The minimum Gasteiger partial charge on any atom is -0.460 e. The van der Waals surface area contributed by atoms with Crippen LogP contribution in [0.25, 0.3) is 11.3 Å². The van der Waals surface area contributed by atoms with Gasteiger partial charge in [-0.25, -0.2) is 0 Å². The molecule has 116 valence electrons. The van der Waals surface area contributed by atoms with Gasteiger partial charge in [-0.15, -0.1) is 0 Å². The molecule has 0 amide bonds. The molecular formula is C16H19N3O3. The maximum atomic E-state index is 10.8. The Labute approximate surface area is 128 Å². The SMILES string of the molecule is CC1CN(Cc2ccc(-c3cccc([N+](=O)[O-])c3)o2)CC1N. The summed E-state index contributed by atoms with van der Waals surface area (Å²) in [7, 11) is 0. The van der Waals surface area contributed by atoms with Crippen LogP contribution in [0.5, 0.6) is 0 Å². The van der Waals surface area contributed by atoms with Gasteiger partial charge in [0.2, 0.25) is 0 Å². The second kappa shape index (κ2) is 5.90. The molecule has 2 aromatic rings. The van der Waals surface area contributed by atoms with E-state index in [1.165, 1.54) is 12.1 Å². The predicted molar refractivity (Wildman–Crippen MR) is 83.2 cm³/mol. The number of likely N-dealkylation sites (tertiary alicyclic amines) is 1. The minimum atomic E-state index is -0.402. The predicted octanol–water partition coefficient (Wildman–Crippen LogP) is 2.63. The van der Waals surface area contributed by atoms with Crippen molar-refractivity contribution in [3.63, 3.8) is 0 Å². The standard InChI is InChI=1S/C16H19N3O3/c1-11-8-18(10-15(11)17)9-14-5-6-16(22-14)12-3-2-4-13(7-12)19(20)21/h2-7,11,15H,8-10,17H2,1H3. The number of non-ortho nitro benzene ring substituents is 1. The summed E-state index contributed by atoms with van der Waals surface area (Å²) in [5.74, 6) is 1.99. The fourth-order valence-electron chi connectivity index (χ4n) is 2.84. The van der Waals surface area contributed by atoms with Gasteiger partial charge in [0.25, 0.3) is 5.69 Å². The smallest absolute Gasteiger partial charge is 0.270 e. The van der Waals surface area contributed by atoms with E-state index in [0.29, 0.717) is 23.8 Å². The van der Waals surface area contributed by atoms with Gasteiger partial charge >= 0.3 is 0 Å². The van der Waals surface area contributed by atoms with E-state index in [9.17, 15) is 10.1 Å². The van der Waals surface area contributed by atoms with Gasteiger partial charge in [0.05, 0.1) is 11.5 Å². The zero-order chi connectivity index (χ0) is 15.7. The molecule has 22 heavy (non-hydrogen) atoms. The van der Waals surface area contributed by atoms with Gasteiger partial charge in [-0.2, -0.15) is 0 Å². The van der Waals surface area contributed by atoms with E-state index >= 15 is 0 Å². The molecular weight excluding hydrogens is 282 g/mol. The summed E-state index contributed by atoms with van der Waals surface area (Å²) in [5.41, 5.74) is 6.81. The maximum absolute atomic E-state index is 10.8. The molecule has 2 atom stereocenters. The van der Waals surface area contributed by atoms with E-state index in [0.717, 1.165) is 18.8 Å². The molecule has 0 saturated carbocycles. The lowest BCUT2D eigenvalue weighted by Crippen LogP contribution is -2.28. The fraction of sp³-hybridized carbons (Fsp3) is 0.375. The Morgan fingerprint density at radius 2 is 2.18 bits per heavy atom. The molecule has 1 aliphatic heterocycles. The number of nitrogens with zero attached hydrogens (tertiary/aromatic N) is 2. The lowest BCUT2D eigenvalue weighted by molar-refractivity contribution is -0.384. The van der Waals surface area contributed by atoms with Crippen LogP contribution in [0.3, 0.4) is 0 Å². The van der Waals surface area contributed by atoms with Gasteiger partial charge < -0.3 is 10.2 Å². The molecule has 1 aromatic carbocycles. The fourth-order valence-corrected chi connectivity index (χ4v) is 2.84. The molecule has 0 aliphatic carbocycles. The van der Waals surface area contributed by atoms with Crippen molar-refractivity contribution in [1.82, 2.24) is 4.90 Å². The molecule has 2 heterocycles. The van der Waals surface area contributed by atoms with Crippen LogP contribution in [0.2, 0.25) is 0 Å². The van der Waals surface area contributed by atoms with Crippen LogP contribution in [0, 0.1) is 16.0 Å². The number of benzene rings is 1. The molecule has 6 nitrogen and oxygen atoms in total. The topological polar surface area (TPSA) is 85.5 Å². The molecule has 1 aliphatic rings. The zero-order valence-electron chi connectivity index (χ0n) is 12.4. The lowest BCUT2D eigenvalue weighted by atomic mass is 10.1. The van der Waals surface area contributed by atoms with E-state index in [4.69, 9.17) is 10.2 Å². The Morgan fingerprint density at radius 1 is 1.36 bits per heavy atom. The maximum Gasteiger partial charge on any atom is 0.270 e. The molecule has 0 bridgehead atoms. The Bertz CT molecular complexity index is 673. The molecule has 0 spiro atoms. The number of nitro groups is 1. The first kappa shape index (κ1) is 14.7. The second-order valence-corrected chi connectivity index (χ2v) is 5.91. The van der Waals surface area contributed by atoms with E-state index in [1.54, 1.807) is 6.07 Å². The van der Waals surface area contributed by atoms with E-state index < -0.39 is 4.92 Å². The third kappa shape index (κ3) is 3.03. The van der Waals surface area contributed by atoms with E-state index in [-0.39, 0.29) is 11.7 Å². The monoisotopic (exact) mass is 301 g/mol. The highest BCUT2D eigenvalue weighted by molar-refractivity contribution is 5.61. The average Bonchev–Trinajstić information content (AvgIpc) is 3.07. The minimum absolute atomic E-state index is 0.0646. The van der Waals surface area contributed by atoms with Gasteiger partial charge in [0.1, 0.15) is 11.5 Å². The number of rotatable bonds is 4. The van der Waals surface area contributed by atoms with Crippen molar-refractivity contribution in [2.45, 2.75) is 19.5 Å². The summed E-state index contributed by atoms with van der Waals surface area (Å²) in [5, 5.41) is 10.8. The Balaban J connectivity index is 1.74. The Morgan fingerprint density at radius 3 is 2.86 bits per heavy atom. The summed E-state index contributed by atoms with van der Waals surface area (Å²) >= 11 is 0. The number of hydrogen-bond acceptors (Lipinski definition) is 5. The van der Waals surface area contributed by atoms with Crippen molar-refractivity contribution in [2.24, 2.45) is 11.7 Å². The molecule has 1 aromatic heterocycles. The first-order chi connectivity index (χ1) is 10.5. The van der Waals surface area contributed by atoms with Crippen LogP contribution in [0.15, 0.2) is 40.8 Å². The van der Waals surface area contributed by atoms with Gasteiger partial charge in [0.15, 0.2) is 0 Å². The zero-order valence-corrected chi connectivity index (χ0v) is 12.4. The number of nitro benzene ring substituents is 1. The Hall–Kier alpha value is -2.18. The van der Waals surface area contributed by atoms with E-state index in [1.807, 2.05) is 18.2 Å². The number of nitrogens with two attached hydrogens (primary N) is 1. The molecule has 3 rings (SSSR count). The second-order valence-electron chi connectivity index (χ2n) is 5.91. The quantitative estimate of drug-likeness (QED) is 0.693. The van der Waals surface area contributed by atoms with Gasteiger partial charge in [-0.05, 0) is 18.1 Å². The summed E-state index contributed by atoms with van der Waals surface area (Å²) in [6.07, 6.45) is 0. The molecule has 0 radical (unpaired) electrons. The van der Waals surface area contributed by atoms with E-state index in [2.05, 4.69) is 11.8 Å². The van der Waals surface area contributed by atoms with Crippen LogP contribution in [-0.4, -0.2) is 29.0 Å². The van der Waals surface area contributed by atoms with Crippen LogP contribution in [0.4, 0.5) is 5.69 Å². The summed E-state index contributed by atoms with van der Waals surface area (Å²) in [6, 6.07) is 10.5. The third-order valence-corrected chi connectivity index (χ3v) is 4.13. The highest BCUT2D eigenvalue weighted by Crippen LogP contribution is 2.27. The van der Waals surface area contributed by atoms with Gasteiger partial charge in [-0.3, -0.25) is 15.0 Å². The highest BCUT2D eigenvalue weighted by atomic mass is 16.6. The molecule has 1 saturated heterocycles. The van der Waals surface area contributed by atoms with Crippen molar-refractivity contribution >= 4 is 5.69 Å². The normalized spacial score (nSPS) is 22.1. The Kier molecular flexibility index (Phi) is 3.96. The van der Waals surface area contributed by atoms with Crippen molar-refractivity contribution in [3.8, 4) is 11.3 Å². The van der Waals surface area contributed by atoms with Crippen LogP contribution in [0.1, 0.15) is 12.7 Å². The lowest BCUT2D eigenvalue weighted by Gasteiger charge is -2.12. The van der Waals surface area contributed by atoms with Crippen LogP contribution >= 0.6 is 0 Å². The molecule has 1 fully saturated rings. The van der Waals surface area contributed by atoms with Crippen LogP contribution in [-0.2, 0) is 6.54 Å². The van der Waals surface area contributed by atoms with Gasteiger partial charge in [-0.1, -0.05) is 19.1 Å². The number of furan rings is 1. The molecule has 2 N–H and O–H groups in total. The van der Waals surface area contributed by atoms with Crippen molar-refractivity contribution in [1.29, 1.82) is 0 Å². The first-order valence-corrected chi connectivity index (χ1v) is 7.34. The highest BCUT2D eigenvalue weighted by Gasteiger charge is 2.27. The van der Waals surface area contributed by atoms with Gasteiger partial charge in [0, 0.05) is 36.8 Å². The largest absolute Gasteiger partial charge is 0.460 e. The van der Waals surface area contributed by atoms with Crippen LogP contribution < -0.4 is 5.73 Å². The number of hydrogen-bond donors (Lipinski definition) is 1. The first-order valence-electron chi connectivity index (χ1n) is 7.34. The average molecular weight is 301 g/mol. The third-order valence-electron chi connectivity index (χ3n) is 4.13. The summed E-state index contributed by atoms with van der Waals surface area (Å²) in [4.78, 5) is 12.7.